The van der Waals surface area contributed by atoms with E-state index in [0.717, 1.165) is 29.5 Å². The van der Waals surface area contributed by atoms with Crippen molar-refractivity contribution in [1.82, 2.24) is 0 Å². The third-order valence-electron chi connectivity index (χ3n) is 2.78. The Morgan fingerprint density at radius 2 is 2.11 bits per heavy atom. The molecule has 3 nitrogen and oxygen atoms in total. The molecule has 98 valence electrons. The van der Waals surface area contributed by atoms with Gasteiger partial charge in [-0.3, -0.25) is 4.90 Å². The highest BCUT2D eigenvalue weighted by molar-refractivity contribution is 9.10. The molecule has 1 amide bonds. The summed E-state index contributed by atoms with van der Waals surface area (Å²) >= 11 is 3.45. The molecule has 1 aromatic rings. The molecular formula is C14H18BrNO2. The number of benzene rings is 1. The van der Waals surface area contributed by atoms with Crippen LogP contribution >= 0.6 is 15.9 Å². The van der Waals surface area contributed by atoms with Crippen molar-refractivity contribution in [3.05, 3.63) is 28.2 Å². The van der Waals surface area contributed by atoms with E-state index in [2.05, 4.69) is 22.0 Å². The molecular weight excluding hydrogens is 294 g/mol. The summed E-state index contributed by atoms with van der Waals surface area (Å²) in [6.07, 6.45) is 1.73. The Labute approximate surface area is 116 Å². The van der Waals surface area contributed by atoms with Crippen molar-refractivity contribution in [2.45, 2.75) is 39.2 Å². The van der Waals surface area contributed by atoms with Gasteiger partial charge >= 0.3 is 6.09 Å². The lowest BCUT2D eigenvalue weighted by atomic mass is 10.0. The molecule has 1 aliphatic heterocycles. The molecule has 18 heavy (non-hydrogen) atoms. The summed E-state index contributed by atoms with van der Waals surface area (Å²) in [5.74, 6) is 0. The van der Waals surface area contributed by atoms with Gasteiger partial charge in [-0.15, -0.1) is 0 Å². The van der Waals surface area contributed by atoms with Crippen LogP contribution in [-0.4, -0.2) is 18.2 Å². The Morgan fingerprint density at radius 1 is 1.39 bits per heavy atom. The molecule has 0 bridgehead atoms. The predicted octanol–water partition coefficient (Wildman–Crippen LogP) is 4.14. The number of rotatable bonds is 0. The number of nitrogens with zero attached hydrogens (tertiary/aromatic N) is 1. The van der Waals surface area contributed by atoms with Gasteiger partial charge in [0.15, 0.2) is 0 Å². The van der Waals surface area contributed by atoms with Crippen LogP contribution in [0.5, 0.6) is 0 Å². The Hall–Kier alpha value is -1.03. The number of ether oxygens (including phenoxy) is 1. The van der Waals surface area contributed by atoms with Gasteiger partial charge in [-0.05, 0) is 51.3 Å². The molecule has 0 unspecified atom stereocenters. The number of aryl methyl sites for hydroxylation is 1. The maximum Gasteiger partial charge on any atom is 0.414 e. The zero-order chi connectivity index (χ0) is 13.3. The summed E-state index contributed by atoms with van der Waals surface area (Å²) < 4.78 is 6.43. The molecule has 0 saturated carbocycles. The predicted molar refractivity (Wildman–Crippen MR) is 76.0 cm³/mol. The van der Waals surface area contributed by atoms with Crippen molar-refractivity contribution in [2.24, 2.45) is 0 Å². The molecule has 1 heterocycles. The minimum absolute atomic E-state index is 0.262. The van der Waals surface area contributed by atoms with E-state index in [4.69, 9.17) is 4.74 Å². The van der Waals surface area contributed by atoms with Crippen LogP contribution in [0.25, 0.3) is 0 Å². The first kappa shape index (κ1) is 13.4. The minimum Gasteiger partial charge on any atom is -0.443 e. The first-order chi connectivity index (χ1) is 8.37. The van der Waals surface area contributed by atoms with Crippen LogP contribution in [0.3, 0.4) is 0 Å². The number of halogens is 1. The summed E-state index contributed by atoms with van der Waals surface area (Å²) in [7, 11) is 0. The number of carbonyl (C=O) groups excluding carboxylic acids is 1. The third-order valence-corrected chi connectivity index (χ3v) is 3.27. The Kier molecular flexibility index (Phi) is 3.66. The van der Waals surface area contributed by atoms with E-state index in [1.54, 1.807) is 4.90 Å². The highest BCUT2D eigenvalue weighted by Gasteiger charge is 2.27. The average molecular weight is 312 g/mol. The molecule has 0 aromatic heterocycles. The van der Waals surface area contributed by atoms with Crippen molar-refractivity contribution in [1.29, 1.82) is 0 Å². The van der Waals surface area contributed by atoms with Crippen molar-refractivity contribution >= 4 is 27.7 Å². The summed E-state index contributed by atoms with van der Waals surface area (Å²) in [6, 6.07) is 6.06. The van der Waals surface area contributed by atoms with Gasteiger partial charge in [0.25, 0.3) is 0 Å². The lowest BCUT2D eigenvalue weighted by Crippen LogP contribution is -2.39. The summed E-state index contributed by atoms with van der Waals surface area (Å²) in [5, 5.41) is 0. The van der Waals surface area contributed by atoms with Gasteiger partial charge in [0.05, 0.1) is 5.69 Å². The second-order valence-corrected chi connectivity index (χ2v) is 6.42. The summed E-state index contributed by atoms with van der Waals surface area (Å²) in [5.41, 5.74) is 1.71. The largest absolute Gasteiger partial charge is 0.443 e. The van der Waals surface area contributed by atoms with E-state index in [0.29, 0.717) is 0 Å². The maximum atomic E-state index is 12.2. The monoisotopic (exact) mass is 311 g/mol. The van der Waals surface area contributed by atoms with E-state index in [-0.39, 0.29) is 6.09 Å². The van der Waals surface area contributed by atoms with Gasteiger partial charge in [0.1, 0.15) is 5.60 Å². The second-order valence-electron chi connectivity index (χ2n) is 5.51. The van der Waals surface area contributed by atoms with E-state index in [1.165, 1.54) is 5.56 Å². The second kappa shape index (κ2) is 4.92. The van der Waals surface area contributed by atoms with E-state index in [1.807, 2.05) is 32.9 Å². The van der Waals surface area contributed by atoms with Gasteiger partial charge in [-0.25, -0.2) is 4.79 Å². The molecule has 1 aliphatic rings. The SMILES string of the molecule is CC(C)(C)OC(=O)N1CCCc2ccc(Br)cc21. The zero-order valence-electron chi connectivity index (χ0n) is 11.0. The van der Waals surface area contributed by atoms with Crippen LogP contribution in [0.2, 0.25) is 0 Å². The fourth-order valence-electron chi connectivity index (χ4n) is 2.05. The van der Waals surface area contributed by atoms with E-state index < -0.39 is 5.60 Å². The first-order valence-electron chi connectivity index (χ1n) is 6.16. The standard InChI is InChI=1S/C14H18BrNO2/c1-14(2,3)18-13(17)16-8-4-5-10-6-7-11(15)9-12(10)16/h6-7,9H,4-5,8H2,1-3H3. The van der Waals surface area contributed by atoms with Crippen LogP contribution in [0.15, 0.2) is 22.7 Å². The van der Waals surface area contributed by atoms with Gasteiger partial charge in [-0.2, -0.15) is 0 Å². The van der Waals surface area contributed by atoms with E-state index in [9.17, 15) is 4.79 Å². The molecule has 0 saturated heterocycles. The molecule has 0 spiro atoms. The quantitative estimate of drug-likeness (QED) is 0.720. The normalized spacial score (nSPS) is 15.2. The van der Waals surface area contributed by atoms with Gasteiger partial charge < -0.3 is 4.74 Å². The van der Waals surface area contributed by atoms with Crippen LogP contribution in [0.1, 0.15) is 32.8 Å². The van der Waals surface area contributed by atoms with Gasteiger partial charge in [0.2, 0.25) is 0 Å². The minimum atomic E-state index is -0.458. The number of anilines is 1. The lowest BCUT2D eigenvalue weighted by molar-refractivity contribution is 0.0578. The Bertz CT molecular complexity index is 465. The van der Waals surface area contributed by atoms with E-state index >= 15 is 0 Å². The molecule has 0 N–H and O–H groups in total. The van der Waals surface area contributed by atoms with Gasteiger partial charge in [0, 0.05) is 11.0 Å². The van der Waals surface area contributed by atoms with Crippen LogP contribution in [-0.2, 0) is 11.2 Å². The zero-order valence-corrected chi connectivity index (χ0v) is 12.6. The number of fused-ring (bicyclic) bond motifs is 1. The topological polar surface area (TPSA) is 29.5 Å². The fraction of sp³-hybridized carbons (Fsp3) is 0.500. The van der Waals surface area contributed by atoms with Crippen molar-refractivity contribution < 1.29 is 9.53 Å². The Balaban J connectivity index is 2.27. The van der Waals surface area contributed by atoms with Gasteiger partial charge in [-0.1, -0.05) is 22.0 Å². The first-order valence-corrected chi connectivity index (χ1v) is 6.95. The van der Waals surface area contributed by atoms with Crippen LogP contribution in [0.4, 0.5) is 10.5 Å². The molecule has 1 aromatic carbocycles. The summed E-state index contributed by atoms with van der Waals surface area (Å²) in [4.78, 5) is 13.9. The summed E-state index contributed by atoms with van der Waals surface area (Å²) in [6.45, 7) is 6.38. The maximum absolute atomic E-state index is 12.2. The number of hydrogen-bond acceptors (Lipinski definition) is 2. The lowest BCUT2D eigenvalue weighted by Gasteiger charge is -2.31. The highest BCUT2D eigenvalue weighted by atomic mass is 79.9. The van der Waals surface area contributed by atoms with Crippen LogP contribution in [0, 0.1) is 0 Å². The molecule has 0 atom stereocenters. The molecule has 4 heteroatoms. The fourth-order valence-corrected chi connectivity index (χ4v) is 2.40. The molecule has 2 rings (SSSR count). The smallest absolute Gasteiger partial charge is 0.414 e. The van der Waals surface area contributed by atoms with Crippen molar-refractivity contribution in [2.75, 3.05) is 11.4 Å². The number of hydrogen-bond donors (Lipinski definition) is 0. The number of carbonyl (C=O) groups is 1. The van der Waals surface area contributed by atoms with Crippen LogP contribution < -0.4 is 4.90 Å². The molecule has 0 fully saturated rings. The Morgan fingerprint density at radius 3 is 2.78 bits per heavy atom. The number of amides is 1. The third kappa shape index (κ3) is 3.05. The van der Waals surface area contributed by atoms with Crippen molar-refractivity contribution in [3.8, 4) is 0 Å². The molecule has 0 radical (unpaired) electrons. The molecule has 0 aliphatic carbocycles. The van der Waals surface area contributed by atoms with Crippen molar-refractivity contribution in [3.63, 3.8) is 0 Å². The highest BCUT2D eigenvalue weighted by Crippen LogP contribution is 2.31. The average Bonchev–Trinajstić information content (AvgIpc) is 2.25.